The molecule has 0 heterocycles. The van der Waals surface area contributed by atoms with Gasteiger partial charge in [0.15, 0.2) is 0 Å². The molecule has 0 aromatic heterocycles. The SMILES string of the molecule is COCCOC.C[C@H](N)C(=O)O. The van der Waals surface area contributed by atoms with E-state index in [9.17, 15) is 4.79 Å². The summed E-state index contributed by atoms with van der Waals surface area (Å²) in [6.07, 6.45) is 0. The van der Waals surface area contributed by atoms with E-state index in [1.807, 2.05) is 0 Å². The van der Waals surface area contributed by atoms with Crippen LogP contribution in [0.3, 0.4) is 0 Å². The summed E-state index contributed by atoms with van der Waals surface area (Å²) in [5.41, 5.74) is 4.84. The van der Waals surface area contributed by atoms with Gasteiger partial charge in [-0.05, 0) is 6.92 Å². The molecule has 0 saturated heterocycles. The zero-order valence-electron chi connectivity index (χ0n) is 7.74. The molecule has 74 valence electrons. The number of carboxylic acid groups (broad SMARTS) is 1. The van der Waals surface area contributed by atoms with Gasteiger partial charge >= 0.3 is 5.97 Å². The third kappa shape index (κ3) is 16.2. The van der Waals surface area contributed by atoms with E-state index in [2.05, 4.69) is 9.47 Å². The second-order valence-electron chi connectivity index (χ2n) is 2.11. The summed E-state index contributed by atoms with van der Waals surface area (Å²) in [5.74, 6) is -0.963. The van der Waals surface area contributed by atoms with Crippen LogP contribution in [0, 0.1) is 0 Å². The van der Waals surface area contributed by atoms with Crippen molar-refractivity contribution in [3.8, 4) is 0 Å². The molecule has 0 radical (unpaired) electrons. The highest BCUT2D eigenvalue weighted by molar-refractivity contribution is 5.72. The Bertz CT molecular complexity index is 102. The monoisotopic (exact) mass is 179 g/mol. The molecular weight excluding hydrogens is 162 g/mol. The average molecular weight is 179 g/mol. The van der Waals surface area contributed by atoms with Crippen LogP contribution in [0.2, 0.25) is 0 Å². The summed E-state index contributed by atoms with van der Waals surface area (Å²) in [7, 11) is 3.30. The lowest BCUT2D eigenvalue weighted by molar-refractivity contribution is -0.138. The van der Waals surface area contributed by atoms with Crippen LogP contribution < -0.4 is 5.73 Å². The van der Waals surface area contributed by atoms with Gasteiger partial charge in [-0.25, -0.2) is 0 Å². The van der Waals surface area contributed by atoms with Gasteiger partial charge in [-0.3, -0.25) is 4.79 Å². The molecule has 1 atom stereocenters. The van der Waals surface area contributed by atoms with Crippen LogP contribution in [0.5, 0.6) is 0 Å². The van der Waals surface area contributed by atoms with Crippen LogP contribution in [-0.4, -0.2) is 44.6 Å². The highest BCUT2D eigenvalue weighted by Gasteiger charge is 1.99. The summed E-state index contributed by atoms with van der Waals surface area (Å²) in [6.45, 7) is 2.80. The Hall–Kier alpha value is -0.650. The highest BCUT2D eigenvalue weighted by Crippen LogP contribution is 1.68. The van der Waals surface area contributed by atoms with Crippen LogP contribution in [0.4, 0.5) is 0 Å². The maximum Gasteiger partial charge on any atom is 0.320 e. The molecular formula is C7H17NO4. The molecule has 12 heavy (non-hydrogen) atoms. The van der Waals surface area contributed by atoms with Crippen molar-refractivity contribution in [2.24, 2.45) is 5.73 Å². The molecule has 0 aliphatic rings. The standard InChI is InChI=1S/C4H10O2.C3H7NO2/c1-5-3-4-6-2;1-2(4)3(5)6/h3-4H2,1-2H3;2H,4H2,1H3,(H,5,6)/t;2-/m.0/s1. The summed E-state index contributed by atoms with van der Waals surface area (Å²) in [4.78, 5) is 9.57. The summed E-state index contributed by atoms with van der Waals surface area (Å²) in [5, 5.41) is 7.87. The first-order chi connectivity index (χ1) is 5.56. The lowest BCUT2D eigenvalue weighted by Gasteiger charge is -1.91. The summed E-state index contributed by atoms with van der Waals surface area (Å²) in [6, 6.07) is -0.731. The molecule has 0 unspecified atom stereocenters. The fourth-order valence-electron chi connectivity index (χ4n) is 0.167. The summed E-state index contributed by atoms with van der Waals surface area (Å²) < 4.78 is 9.31. The van der Waals surface area contributed by atoms with Gasteiger partial charge < -0.3 is 20.3 Å². The number of hydrogen-bond donors (Lipinski definition) is 2. The lowest BCUT2D eigenvalue weighted by atomic mass is 10.4. The Kier molecular flexibility index (Phi) is 12.0. The Balaban J connectivity index is 0. The van der Waals surface area contributed by atoms with Crippen molar-refractivity contribution >= 4 is 5.97 Å². The molecule has 3 N–H and O–H groups in total. The molecule has 0 aromatic rings. The number of aliphatic carboxylic acids is 1. The Morgan fingerprint density at radius 1 is 1.42 bits per heavy atom. The third-order valence-corrected chi connectivity index (χ3v) is 0.881. The number of carbonyl (C=O) groups is 1. The van der Waals surface area contributed by atoms with Gasteiger partial charge in [0.05, 0.1) is 13.2 Å². The van der Waals surface area contributed by atoms with Gasteiger partial charge in [0.25, 0.3) is 0 Å². The molecule has 0 aromatic carbocycles. The smallest absolute Gasteiger partial charge is 0.320 e. The number of nitrogens with two attached hydrogens (primary N) is 1. The largest absolute Gasteiger partial charge is 0.480 e. The predicted molar refractivity (Wildman–Crippen MR) is 45.0 cm³/mol. The highest BCUT2D eigenvalue weighted by atomic mass is 16.5. The van der Waals surface area contributed by atoms with E-state index in [-0.39, 0.29) is 0 Å². The molecule has 0 aliphatic heterocycles. The van der Waals surface area contributed by atoms with E-state index in [1.54, 1.807) is 14.2 Å². The maximum absolute atomic E-state index is 9.57. The van der Waals surface area contributed by atoms with Crippen molar-refractivity contribution in [2.45, 2.75) is 13.0 Å². The van der Waals surface area contributed by atoms with Gasteiger partial charge in [0, 0.05) is 14.2 Å². The third-order valence-electron chi connectivity index (χ3n) is 0.881. The van der Waals surface area contributed by atoms with Crippen LogP contribution in [0.15, 0.2) is 0 Å². The van der Waals surface area contributed by atoms with Crippen molar-refractivity contribution < 1.29 is 19.4 Å². The van der Waals surface area contributed by atoms with Crippen molar-refractivity contribution in [3.63, 3.8) is 0 Å². The molecule has 5 nitrogen and oxygen atoms in total. The van der Waals surface area contributed by atoms with Crippen molar-refractivity contribution in [3.05, 3.63) is 0 Å². The fourth-order valence-corrected chi connectivity index (χ4v) is 0.167. The Morgan fingerprint density at radius 2 is 1.67 bits per heavy atom. The maximum atomic E-state index is 9.57. The van der Waals surface area contributed by atoms with Crippen LogP contribution >= 0.6 is 0 Å². The van der Waals surface area contributed by atoms with E-state index in [0.717, 1.165) is 0 Å². The number of carboxylic acids is 1. The van der Waals surface area contributed by atoms with E-state index in [4.69, 9.17) is 10.8 Å². The Labute approximate surface area is 72.5 Å². The van der Waals surface area contributed by atoms with Crippen LogP contribution in [-0.2, 0) is 14.3 Å². The molecule has 0 fully saturated rings. The lowest BCUT2D eigenvalue weighted by Crippen LogP contribution is -2.25. The minimum atomic E-state index is -0.963. The van der Waals surface area contributed by atoms with Gasteiger partial charge in [-0.2, -0.15) is 0 Å². The van der Waals surface area contributed by atoms with Crippen LogP contribution in [0.25, 0.3) is 0 Å². The molecule has 0 rings (SSSR count). The minimum Gasteiger partial charge on any atom is -0.480 e. The molecule has 0 bridgehead atoms. The molecule has 0 aliphatic carbocycles. The van der Waals surface area contributed by atoms with E-state index in [1.165, 1.54) is 6.92 Å². The fraction of sp³-hybridized carbons (Fsp3) is 0.857. The first-order valence-electron chi connectivity index (χ1n) is 3.52. The average Bonchev–Trinajstić information content (AvgIpc) is 2.02. The molecule has 0 spiro atoms. The second kappa shape index (κ2) is 10.3. The molecule has 0 amide bonds. The first-order valence-corrected chi connectivity index (χ1v) is 3.52. The van der Waals surface area contributed by atoms with Gasteiger partial charge in [0.1, 0.15) is 6.04 Å². The van der Waals surface area contributed by atoms with Gasteiger partial charge in [0.2, 0.25) is 0 Å². The summed E-state index contributed by atoms with van der Waals surface area (Å²) >= 11 is 0. The predicted octanol–water partition coefficient (Wildman–Crippen LogP) is -0.303. The van der Waals surface area contributed by atoms with Crippen molar-refractivity contribution in [1.82, 2.24) is 0 Å². The van der Waals surface area contributed by atoms with Crippen LogP contribution in [0.1, 0.15) is 6.92 Å². The van der Waals surface area contributed by atoms with Crippen molar-refractivity contribution in [2.75, 3.05) is 27.4 Å². The van der Waals surface area contributed by atoms with E-state index >= 15 is 0 Å². The van der Waals surface area contributed by atoms with Crippen molar-refractivity contribution in [1.29, 1.82) is 0 Å². The van der Waals surface area contributed by atoms with Gasteiger partial charge in [-0.15, -0.1) is 0 Å². The zero-order valence-corrected chi connectivity index (χ0v) is 7.74. The Morgan fingerprint density at radius 3 is 1.75 bits per heavy atom. The first kappa shape index (κ1) is 13.9. The molecule has 5 heteroatoms. The number of methoxy groups -OCH3 is 2. The zero-order chi connectivity index (χ0) is 9.98. The number of ether oxygens (including phenoxy) is 2. The second-order valence-corrected chi connectivity index (χ2v) is 2.11. The quantitative estimate of drug-likeness (QED) is 0.579. The number of hydrogen-bond acceptors (Lipinski definition) is 4. The topological polar surface area (TPSA) is 81.8 Å². The number of rotatable bonds is 4. The minimum absolute atomic E-state index is 0.691. The van der Waals surface area contributed by atoms with E-state index in [0.29, 0.717) is 13.2 Å². The molecule has 0 saturated carbocycles. The van der Waals surface area contributed by atoms with E-state index < -0.39 is 12.0 Å². The normalized spacial score (nSPS) is 11.3. The van der Waals surface area contributed by atoms with Gasteiger partial charge in [-0.1, -0.05) is 0 Å².